The van der Waals surface area contributed by atoms with Gasteiger partial charge in [0.1, 0.15) is 5.78 Å². The van der Waals surface area contributed by atoms with Crippen LogP contribution in [-0.4, -0.2) is 30.3 Å². The second-order valence-electron chi connectivity index (χ2n) is 4.33. The van der Waals surface area contributed by atoms with Crippen LogP contribution < -0.4 is 0 Å². The minimum atomic E-state index is 0.280. The number of Topliss-reactive ketones (excluding diaryl/α,β-unsaturated/α-hetero) is 1. The Kier molecular flexibility index (Phi) is 2.33. The maximum atomic E-state index is 10.8. The number of hydrogen-bond donors (Lipinski definition) is 0. The van der Waals surface area contributed by atoms with Crippen LogP contribution in [0.1, 0.15) is 27.2 Å². The highest BCUT2D eigenvalue weighted by molar-refractivity contribution is 5.77. The lowest BCUT2D eigenvalue weighted by atomic mass is 9.93. The summed E-state index contributed by atoms with van der Waals surface area (Å²) < 4.78 is 0. The minimum absolute atomic E-state index is 0.280. The first-order valence-electron chi connectivity index (χ1n) is 4.21. The molecule has 1 fully saturated rings. The predicted molar refractivity (Wildman–Crippen MR) is 45.5 cm³/mol. The van der Waals surface area contributed by atoms with Crippen LogP contribution in [0.3, 0.4) is 0 Å². The van der Waals surface area contributed by atoms with E-state index in [-0.39, 0.29) is 5.78 Å². The molecule has 0 atom stereocenters. The summed E-state index contributed by atoms with van der Waals surface area (Å²) in [6, 6.07) is 0. The summed E-state index contributed by atoms with van der Waals surface area (Å²) in [5, 5.41) is 0. The lowest BCUT2D eigenvalue weighted by Gasteiger charge is -2.18. The Balaban J connectivity index is 2.36. The zero-order valence-corrected chi connectivity index (χ0v) is 7.68. The molecule has 0 unspecified atom stereocenters. The maximum Gasteiger partial charge on any atom is 0.143 e. The summed E-state index contributed by atoms with van der Waals surface area (Å²) in [5.41, 5.74) is 0.426. The second-order valence-corrected chi connectivity index (χ2v) is 4.33. The Labute approximate surface area is 68.6 Å². The van der Waals surface area contributed by atoms with Gasteiger partial charge < -0.3 is 0 Å². The molecule has 0 bridgehead atoms. The number of likely N-dealkylation sites (tertiary alicyclic amines) is 1. The van der Waals surface area contributed by atoms with E-state index < -0.39 is 0 Å². The van der Waals surface area contributed by atoms with Crippen LogP contribution in [0.15, 0.2) is 0 Å². The summed E-state index contributed by atoms with van der Waals surface area (Å²) in [6.45, 7) is 8.98. The highest BCUT2D eigenvalue weighted by Gasteiger charge is 2.29. The predicted octanol–water partition coefficient (Wildman–Crippen LogP) is 1.31. The molecule has 1 heterocycles. The summed E-state index contributed by atoms with van der Waals surface area (Å²) in [4.78, 5) is 13.0. The van der Waals surface area contributed by atoms with E-state index >= 15 is 0 Å². The van der Waals surface area contributed by atoms with Crippen LogP contribution in [0.5, 0.6) is 0 Å². The fourth-order valence-electron chi connectivity index (χ4n) is 1.67. The average molecular weight is 155 g/mol. The van der Waals surface area contributed by atoms with Crippen molar-refractivity contribution in [2.75, 3.05) is 19.6 Å². The van der Waals surface area contributed by atoms with Gasteiger partial charge in [-0.2, -0.15) is 0 Å². The Bertz CT molecular complexity index is 163. The van der Waals surface area contributed by atoms with Gasteiger partial charge in [0, 0.05) is 6.54 Å². The summed E-state index contributed by atoms with van der Waals surface area (Å²) >= 11 is 0. The monoisotopic (exact) mass is 155 g/mol. The normalized spacial score (nSPS) is 23.9. The molecule has 0 aromatic carbocycles. The molecule has 0 N–H and O–H groups in total. The molecule has 1 rings (SSSR count). The smallest absolute Gasteiger partial charge is 0.143 e. The molecule has 64 valence electrons. The van der Waals surface area contributed by atoms with E-state index in [1.807, 2.05) is 0 Å². The van der Waals surface area contributed by atoms with E-state index in [2.05, 4.69) is 18.7 Å². The standard InChI is InChI=1S/C9H17NO/c1-8(11)6-10-5-4-9(2,3)7-10/h4-7H2,1-3H3. The first-order chi connectivity index (χ1) is 4.99. The van der Waals surface area contributed by atoms with E-state index in [1.54, 1.807) is 6.92 Å². The van der Waals surface area contributed by atoms with Gasteiger partial charge in [-0.1, -0.05) is 13.8 Å². The van der Waals surface area contributed by atoms with E-state index in [0.29, 0.717) is 12.0 Å². The SMILES string of the molecule is CC(=O)CN1CCC(C)(C)C1. The van der Waals surface area contributed by atoms with Crippen LogP contribution in [0, 0.1) is 5.41 Å². The van der Waals surface area contributed by atoms with Crippen molar-refractivity contribution >= 4 is 5.78 Å². The van der Waals surface area contributed by atoms with Crippen molar-refractivity contribution < 1.29 is 4.79 Å². The minimum Gasteiger partial charge on any atom is -0.299 e. The molecule has 0 aliphatic carbocycles. The molecule has 1 aliphatic rings. The van der Waals surface area contributed by atoms with Crippen molar-refractivity contribution in [2.45, 2.75) is 27.2 Å². The van der Waals surface area contributed by atoms with E-state index in [4.69, 9.17) is 0 Å². The lowest BCUT2D eigenvalue weighted by Crippen LogP contribution is -2.27. The Morgan fingerprint density at radius 1 is 1.55 bits per heavy atom. The third-order valence-electron chi connectivity index (χ3n) is 2.20. The third kappa shape index (κ3) is 2.62. The van der Waals surface area contributed by atoms with Crippen LogP contribution >= 0.6 is 0 Å². The van der Waals surface area contributed by atoms with Crippen molar-refractivity contribution in [1.82, 2.24) is 4.90 Å². The Morgan fingerprint density at radius 2 is 2.18 bits per heavy atom. The molecule has 11 heavy (non-hydrogen) atoms. The number of carbonyl (C=O) groups excluding carboxylic acids is 1. The molecule has 1 aliphatic heterocycles. The first-order valence-corrected chi connectivity index (χ1v) is 4.21. The van der Waals surface area contributed by atoms with Gasteiger partial charge in [-0.15, -0.1) is 0 Å². The quantitative estimate of drug-likeness (QED) is 0.599. The number of ketones is 1. The van der Waals surface area contributed by atoms with Crippen LogP contribution in [-0.2, 0) is 4.79 Å². The number of hydrogen-bond acceptors (Lipinski definition) is 2. The van der Waals surface area contributed by atoms with E-state index in [9.17, 15) is 4.79 Å². The average Bonchev–Trinajstić information content (AvgIpc) is 2.08. The van der Waals surface area contributed by atoms with Crippen molar-refractivity contribution in [3.05, 3.63) is 0 Å². The van der Waals surface area contributed by atoms with Gasteiger partial charge in [0.2, 0.25) is 0 Å². The van der Waals surface area contributed by atoms with Crippen molar-refractivity contribution in [2.24, 2.45) is 5.41 Å². The number of nitrogens with zero attached hydrogens (tertiary/aromatic N) is 1. The van der Waals surface area contributed by atoms with Crippen molar-refractivity contribution in [3.63, 3.8) is 0 Å². The van der Waals surface area contributed by atoms with Gasteiger partial charge in [0.15, 0.2) is 0 Å². The number of rotatable bonds is 2. The van der Waals surface area contributed by atoms with Gasteiger partial charge in [0.05, 0.1) is 6.54 Å². The molecule has 1 saturated heterocycles. The van der Waals surface area contributed by atoms with Gasteiger partial charge in [-0.25, -0.2) is 0 Å². The molecule has 2 heteroatoms. The molecule has 2 nitrogen and oxygen atoms in total. The van der Waals surface area contributed by atoms with Crippen molar-refractivity contribution in [1.29, 1.82) is 0 Å². The molecule has 0 aromatic heterocycles. The van der Waals surface area contributed by atoms with Crippen LogP contribution in [0.2, 0.25) is 0 Å². The largest absolute Gasteiger partial charge is 0.299 e. The number of carbonyl (C=O) groups is 1. The lowest BCUT2D eigenvalue weighted by molar-refractivity contribution is -0.117. The highest BCUT2D eigenvalue weighted by Crippen LogP contribution is 2.28. The molecule has 0 amide bonds. The van der Waals surface area contributed by atoms with Gasteiger partial charge in [-0.05, 0) is 25.3 Å². The summed E-state index contributed by atoms with van der Waals surface area (Å²) in [5.74, 6) is 0.280. The molecular formula is C9H17NO. The molecule has 0 spiro atoms. The molecular weight excluding hydrogens is 138 g/mol. The van der Waals surface area contributed by atoms with Crippen LogP contribution in [0.25, 0.3) is 0 Å². The third-order valence-corrected chi connectivity index (χ3v) is 2.20. The Hall–Kier alpha value is -0.370. The van der Waals surface area contributed by atoms with E-state index in [1.165, 1.54) is 6.42 Å². The first kappa shape index (κ1) is 8.72. The van der Waals surface area contributed by atoms with E-state index in [0.717, 1.165) is 13.1 Å². The van der Waals surface area contributed by atoms with Gasteiger partial charge >= 0.3 is 0 Å². The fraction of sp³-hybridized carbons (Fsp3) is 0.889. The van der Waals surface area contributed by atoms with Crippen molar-refractivity contribution in [3.8, 4) is 0 Å². The van der Waals surface area contributed by atoms with Crippen LogP contribution in [0.4, 0.5) is 0 Å². The topological polar surface area (TPSA) is 20.3 Å². The zero-order chi connectivity index (χ0) is 8.48. The molecule has 0 aromatic rings. The van der Waals surface area contributed by atoms with Gasteiger partial charge in [-0.3, -0.25) is 9.69 Å². The second kappa shape index (κ2) is 2.94. The highest BCUT2D eigenvalue weighted by atomic mass is 16.1. The summed E-state index contributed by atoms with van der Waals surface area (Å²) in [6.07, 6.45) is 1.22. The fourth-order valence-corrected chi connectivity index (χ4v) is 1.67. The molecule has 0 saturated carbocycles. The summed E-state index contributed by atoms with van der Waals surface area (Å²) in [7, 11) is 0. The zero-order valence-electron chi connectivity index (χ0n) is 7.68. The molecule has 0 radical (unpaired) electrons. The maximum absolute atomic E-state index is 10.8. The van der Waals surface area contributed by atoms with Gasteiger partial charge in [0.25, 0.3) is 0 Å². The Morgan fingerprint density at radius 3 is 2.55 bits per heavy atom.